The highest BCUT2D eigenvalue weighted by Crippen LogP contribution is 1.97. The fourth-order valence-electron chi connectivity index (χ4n) is 0. The van der Waals surface area contributed by atoms with Crippen LogP contribution in [-0.4, -0.2) is 28.5 Å². The van der Waals surface area contributed by atoms with Crippen molar-refractivity contribution in [3.8, 4) is 0 Å². The molecule has 0 bridgehead atoms. The Morgan fingerprint density at radius 2 is 1.00 bits per heavy atom. The van der Waals surface area contributed by atoms with Gasteiger partial charge in [-0.1, -0.05) is 0 Å². The summed E-state index contributed by atoms with van der Waals surface area (Å²) in [5.74, 6) is 0. The molecule has 0 fully saturated rings. The van der Waals surface area contributed by atoms with Gasteiger partial charge in [0.15, 0.2) is 16.6 Å². The van der Waals surface area contributed by atoms with Crippen molar-refractivity contribution in [2.24, 2.45) is 0 Å². The highest BCUT2D eigenvalue weighted by Gasteiger charge is 2.09. The number of hydrogen-bond acceptors (Lipinski definition) is 2. The van der Waals surface area contributed by atoms with Crippen LogP contribution >= 0.6 is 0 Å². The van der Waals surface area contributed by atoms with Crippen LogP contribution in [0.1, 0.15) is 0 Å². The lowest BCUT2D eigenvalue weighted by Gasteiger charge is -2.10. The van der Waals surface area contributed by atoms with Crippen LogP contribution in [0.15, 0.2) is 0 Å². The van der Waals surface area contributed by atoms with Gasteiger partial charge in [0, 0.05) is 7.11 Å². The van der Waals surface area contributed by atoms with Gasteiger partial charge in [0.1, 0.15) is 0 Å². The van der Waals surface area contributed by atoms with Crippen molar-refractivity contribution in [3.05, 3.63) is 0 Å². The maximum absolute atomic E-state index is 8.66. The van der Waals surface area contributed by atoms with E-state index < -0.39 is 16.6 Å². The van der Waals surface area contributed by atoms with Gasteiger partial charge in [-0.2, -0.15) is 0 Å². The Bertz CT molecular complexity index is 85.6. The first-order valence-electron chi connectivity index (χ1n) is 3.84. The monoisotopic (exact) mass is 194 g/mol. The maximum atomic E-state index is 8.66. The van der Waals surface area contributed by atoms with E-state index in [1.54, 1.807) is 7.11 Å². The van der Waals surface area contributed by atoms with Crippen LogP contribution in [0.3, 0.4) is 0 Å². The third-order valence-electron chi connectivity index (χ3n) is 0.612. The Morgan fingerprint density at radius 1 is 0.909 bits per heavy atom. The molecule has 0 aromatic rings. The minimum Gasteiger partial charge on any atom is -0.433 e. The van der Waals surface area contributed by atoms with Gasteiger partial charge in [0.05, 0.1) is 0 Å². The van der Waals surface area contributed by atoms with Crippen molar-refractivity contribution >= 4 is 16.6 Å². The summed E-state index contributed by atoms with van der Waals surface area (Å²) in [5.41, 5.74) is 0. The minimum atomic E-state index is -1.61. The second-order valence-electron chi connectivity index (χ2n) is 4.49. The van der Waals surface area contributed by atoms with E-state index in [0.717, 1.165) is 0 Å². The smallest absolute Gasteiger partial charge is 0.183 e. The van der Waals surface area contributed by atoms with E-state index in [9.17, 15) is 0 Å². The van der Waals surface area contributed by atoms with Crippen molar-refractivity contribution < 1.29 is 9.22 Å². The van der Waals surface area contributed by atoms with Gasteiger partial charge in [0.2, 0.25) is 0 Å². The zero-order valence-corrected chi connectivity index (χ0v) is 10.9. The molecule has 0 radical (unpaired) electrons. The van der Waals surface area contributed by atoms with Gasteiger partial charge in [-0.25, -0.2) is 0 Å². The van der Waals surface area contributed by atoms with E-state index in [4.69, 9.17) is 9.22 Å². The molecule has 0 unspecified atom stereocenters. The molecule has 0 aromatic carbocycles. The van der Waals surface area contributed by atoms with Crippen molar-refractivity contribution in [3.63, 3.8) is 0 Å². The molecular formula is C7H22O2Si2. The van der Waals surface area contributed by atoms with Crippen molar-refractivity contribution in [2.75, 3.05) is 7.11 Å². The van der Waals surface area contributed by atoms with E-state index >= 15 is 0 Å². The summed E-state index contributed by atoms with van der Waals surface area (Å²) < 4.78 is 5.08. The number of hydrogen-bond donors (Lipinski definition) is 1. The minimum absolute atomic E-state index is 1.13. The third-order valence-corrected chi connectivity index (χ3v) is 1.84. The van der Waals surface area contributed by atoms with E-state index in [1.165, 1.54) is 0 Å². The SMILES string of the molecule is CO[Si](C)(C)C.C[Si](C)(C)O. The molecule has 0 saturated carbocycles. The molecular weight excluding hydrogens is 172 g/mol. The van der Waals surface area contributed by atoms with Crippen LogP contribution in [0, 0.1) is 0 Å². The summed E-state index contributed by atoms with van der Waals surface area (Å²) in [4.78, 5) is 8.66. The largest absolute Gasteiger partial charge is 0.433 e. The van der Waals surface area contributed by atoms with Crippen molar-refractivity contribution in [1.29, 1.82) is 0 Å². The number of rotatable bonds is 1. The van der Waals surface area contributed by atoms with Crippen LogP contribution in [-0.2, 0) is 4.43 Å². The van der Waals surface area contributed by atoms with Gasteiger partial charge in [-0.15, -0.1) is 0 Å². The maximum Gasteiger partial charge on any atom is 0.183 e. The van der Waals surface area contributed by atoms with Crippen LogP contribution in [0.5, 0.6) is 0 Å². The van der Waals surface area contributed by atoms with Gasteiger partial charge in [0.25, 0.3) is 0 Å². The Morgan fingerprint density at radius 3 is 1.00 bits per heavy atom. The second-order valence-corrected chi connectivity index (χ2v) is 13.5. The first-order valence-corrected chi connectivity index (χ1v) is 10.7. The van der Waals surface area contributed by atoms with E-state index in [0.29, 0.717) is 0 Å². The molecule has 0 aliphatic rings. The first kappa shape index (κ1) is 13.9. The highest BCUT2D eigenvalue weighted by molar-refractivity contribution is 6.69. The summed E-state index contributed by atoms with van der Waals surface area (Å²) in [5, 5.41) is 0. The molecule has 0 heterocycles. The predicted molar refractivity (Wildman–Crippen MR) is 55.9 cm³/mol. The summed E-state index contributed by atoms with van der Waals surface area (Å²) in [6.07, 6.45) is 0. The van der Waals surface area contributed by atoms with Crippen LogP contribution in [0.25, 0.3) is 0 Å². The highest BCUT2D eigenvalue weighted by atomic mass is 28.4. The molecule has 70 valence electrons. The summed E-state index contributed by atoms with van der Waals surface area (Å²) in [7, 11) is -0.972. The van der Waals surface area contributed by atoms with Crippen molar-refractivity contribution in [2.45, 2.75) is 39.3 Å². The van der Waals surface area contributed by atoms with E-state index in [1.807, 2.05) is 19.6 Å². The first-order chi connectivity index (χ1) is 4.56. The summed E-state index contributed by atoms with van der Waals surface area (Å²) in [6.45, 7) is 12.1. The normalized spacial score (nSPS) is 12.0. The Balaban J connectivity index is 0. The topological polar surface area (TPSA) is 29.5 Å². The van der Waals surface area contributed by atoms with Crippen LogP contribution in [0.2, 0.25) is 39.3 Å². The molecule has 0 saturated heterocycles. The fraction of sp³-hybridized carbons (Fsp3) is 1.00. The molecule has 0 aliphatic heterocycles. The lowest BCUT2D eigenvalue weighted by Crippen LogP contribution is -2.22. The molecule has 0 spiro atoms. The van der Waals surface area contributed by atoms with Gasteiger partial charge in [-0.3, -0.25) is 0 Å². The predicted octanol–water partition coefficient (Wildman–Crippen LogP) is 2.28. The summed E-state index contributed by atoms with van der Waals surface area (Å²) in [6, 6.07) is 0. The zero-order valence-electron chi connectivity index (χ0n) is 8.86. The molecule has 0 aromatic heterocycles. The van der Waals surface area contributed by atoms with Gasteiger partial charge < -0.3 is 9.22 Å². The molecule has 4 heteroatoms. The Kier molecular flexibility index (Phi) is 6.42. The average Bonchev–Trinajstić information content (AvgIpc) is 1.59. The van der Waals surface area contributed by atoms with Gasteiger partial charge in [-0.05, 0) is 39.3 Å². The van der Waals surface area contributed by atoms with Crippen LogP contribution < -0.4 is 0 Å². The zero-order chi connectivity index (χ0) is 9.71. The van der Waals surface area contributed by atoms with Crippen molar-refractivity contribution in [1.82, 2.24) is 0 Å². The third kappa shape index (κ3) is 64.2. The van der Waals surface area contributed by atoms with Crippen LogP contribution in [0.4, 0.5) is 0 Å². The average molecular weight is 194 g/mol. The Hall–Kier alpha value is 0.354. The Labute approximate surface area is 72.9 Å². The van der Waals surface area contributed by atoms with E-state index in [2.05, 4.69) is 19.6 Å². The lowest BCUT2D eigenvalue weighted by atomic mass is 11.8. The summed E-state index contributed by atoms with van der Waals surface area (Å²) >= 11 is 0. The molecule has 2 nitrogen and oxygen atoms in total. The molecule has 11 heavy (non-hydrogen) atoms. The molecule has 1 N–H and O–H groups in total. The quantitative estimate of drug-likeness (QED) is 0.649. The second kappa shape index (κ2) is 5.08. The molecule has 0 amide bonds. The van der Waals surface area contributed by atoms with E-state index in [-0.39, 0.29) is 0 Å². The lowest BCUT2D eigenvalue weighted by molar-refractivity contribution is 0.411. The molecule has 0 aliphatic carbocycles. The van der Waals surface area contributed by atoms with Gasteiger partial charge >= 0.3 is 0 Å². The fourth-order valence-corrected chi connectivity index (χ4v) is 0. The standard InChI is InChI=1S/C4H12OSi.C3H10OSi/c1-5-6(2,3)4;1-5(2,3)4/h1-4H3;4H,1-3H3. The molecule has 0 atom stereocenters. The molecule has 0 rings (SSSR count).